The van der Waals surface area contributed by atoms with Crippen LogP contribution in [0.2, 0.25) is 0 Å². The van der Waals surface area contributed by atoms with Crippen LogP contribution in [0.5, 0.6) is 0 Å². The number of rotatable bonds is 8. The summed E-state index contributed by atoms with van der Waals surface area (Å²) < 4.78 is 25.5. The highest BCUT2D eigenvalue weighted by Gasteiger charge is 2.18. The molecule has 3 N–H and O–H groups in total. The molecule has 0 radical (unpaired) electrons. The van der Waals surface area contributed by atoms with E-state index < -0.39 is 34.2 Å². The molecule has 0 bridgehead atoms. The van der Waals surface area contributed by atoms with Crippen LogP contribution in [0.15, 0.2) is 30.3 Å². The van der Waals surface area contributed by atoms with Gasteiger partial charge in [0.15, 0.2) is 0 Å². The monoisotopic (exact) mass is 287 g/mol. The van der Waals surface area contributed by atoms with Gasteiger partial charge < -0.3 is 10.2 Å². The Morgan fingerprint density at radius 1 is 1.26 bits per heavy atom. The number of carboxylic acid groups (broad SMARTS) is 1. The van der Waals surface area contributed by atoms with Crippen molar-refractivity contribution < 1.29 is 23.4 Å². The Kier molecular flexibility index (Phi) is 5.94. The zero-order valence-corrected chi connectivity index (χ0v) is 11.1. The summed E-state index contributed by atoms with van der Waals surface area (Å²) in [6.07, 6.45) is -0.109. The molecule has 19 heavy (non-hydrogen) atoms. The molecule has 0 amide bonds. The maximum Gasteiger partial charge on any atom is 0.304 e. The summed E-state index contributed by atoms with van der Waals surface area (Å²) in [6, 6.07) is 8.49. The highest BCUT2D eigenvalue weighted by molar-refractivity contribution is 7.89. The smallest absolute Gasteiger partial charge is 0.304 e. The summed E-state index contributed by atoms with van der Waals surface area (Å²) in [5.41, 5.74) is 0.891. The van der Waals surface area contributed by atoms with Crippen molar-refractivity contribution in [2.75, 3.05) is 12.4 Å². The van der Waals surface area contributed by atoms with E-state index in [1.807, 2.05) is 30.3 Å². The van der Waals surface area contributed by atoms with Crippen LogP contribution < -0.4 is 4.72 Å². The summed E-state index contributed by atoms with van der Waals surface area (Å²) in [7, 11) is -3.70. The van der Waals surface area contributed by atoms with Crippen molar-refractivity contribution in [2.24, 2.45) is 0 Å². The van der Waals surface area contributed by atoms with Gasteiger partial charge in [-0.05, 0) is 12.0 Å². The summed E-state index contributed by atoms with van der Waals surface area (Å²) in [5.74, 6) is -1.66. The minimum absolute atomic E-state index is 0.346. The standard InChI is InChI=1S/C12H17NO5S/c14-9-11(8-10-4-2-1-3-5-10)13-19(17,18)7-6-12(15)16/h1-5,11,13-14H,6-9H2,(H,15,16). The first-order valence-electron chi connectivity index (χ1n) is 5.79. The van der Waals surface area contributed by atoms with Crippen molar-refractivity contribution in [1.29, 1.82) is 0 Å². The van der Waals surface area contributed by atoms with Gasteiger partial charge in [0.1, 0.15) is 0 Å². The third-order valence-electron chi connectivity index (χ3n) is 2.48. The molecular formula is C12H17NO5S. The van der Waals surface area contributed by atoms with Crippen molar-refractivity contribution in [3.8, 4) is 0 Å². The van der Waals surface area contributed by atoms with Gasteiger partial charge >= 0.3 is 5.97 Å². The van der Waals surface area contributed by atoms with Crippen LogP contribution in [-0.2, 0) is 21.2 Å². The van der Waals surface area contributed by atoms with Gasteiger partial charge in [-0.25, -0.2) is 13.1 Å². The molecule has 1 rings (SSSR count). The largest absolute Gasteiger partial charge is 0.481 e. The van der Waals surface area contributed by atoms with E-state index in [1.54, 1.807) is 0 Å². The fourth-order valence-electron chi connectivity index (χ4n) is 1.58. The first kappa shape index (κ1) is 15.6. The Morgan fingerprint density at radius 3 is 2.42 bits per heavy atom. The van der Waals surface area contributed by atoms with Gasteiger partial charge in [0.05, 0.1) is 18.8 Å². The zero-order valence-electron chi connectivity index (χ0n) is 10.3. The minimum Gasteiger partial charge on any atom is -0.481 e. The van der Waals surface area contributed by atoms with Crippen molar-refractivity contribution >= 4 is 16.0 Å². The first-order valence-corrected chi connectivity index (χ1v) is 7.45. The highest BCUT2D eigenvalue weighted by atomic mass is 32.2. The fraction of sp³-hybridized carbons (Fsp3) is 0.417. The second-order valence-electron chi connectivity index (χ2n) is 4.15. The lowest BCUT2D eigenvalue weighted by atomic mass is 10.1. The molecule has 0 aliphatic rings. The Labute approximate surface area is 112 Å². The second kappa shape index (κ2) is 7.22. The Morgan fingerprint density at radius 2 is 1.89 bits per heavy atom. The number of nitrogens with one attached hydrogen (secondary N) is 1. The molecule has 1 aromatic carbocycles. The first-order chi connectivity index (χ1) is 8.93. The lowest BCUT2D eigenvalue weighted by molar-refractivity contribution is -0.136. The summed E-state index contributed by atoms with van der Waals surface area (Å²) in [4.78, 5) is 10.4. The van der Waals surface area contributed by atoms with Crippen molar-refractivity contribution in [1.82, 2.24) is 4.72 Å². The summed E-state index contributed by atoms with van der Waals surface area (Å²) >= 11 is 0. The second-order valence-corrected chi connectivity index (χ2v) is 6.02. The van der Waals surface area contributed by atoms with Crippen molar-refractivity contribution in [3.05, 3.63) is 35.9 Å². The maximum absolute atomic E-state index is 11.6. The van der Waals surface area contributed by atoms with Crippen molar-refractivity contribution in [2.45, 2.75) is 18.9 Å². The average Bonchev–Trinajstić information content (AvgIpc) is 2.37. The number of hydrogen-bond donors (Lipinski definition) is 3. The van der Waals surface area contributed by atoms with E-state index in [4.69, 9.17) is 5.11 Å². The molecular weight excluding hydrogens is 270 g/mol. The number of carboxylic acids is 1. The van der Waals surface area contributed by atoms with Gasteiger partial charge in [-0.3, -0.25) is 4.79 Å². The van der Waals surface area contributed by atoms with Gasteiger partial charge in [-0.2, -0.15) is 0 Å². The van der Waals surface area contributed by atoms with Crippen LogP contribution in [0, 0.1) is 0 Å². The third kappa shape index (κ3) is 6.32. The highest BCUT2D eigenvalue weighted by Crippen LogP contribution is 2.04. The van der Waals surface area contributed by atoms with E-state index in [1.165, 1.54) is 0 Å². The van der Waals surface area contributed by atoms with Crippen LogP contribution in [0.3, 0.4) is 0 Å². The van der Waals surface area contributed by atoms with Gasteiger partial charge in [0, 0.05) is 6.04 Å². The molecule has 0 spiro atoms. The van der Waals surface area contributed by atoms with E-state index in [9.17, 15) is 18.3 Å². The maximum atomic E-state index is 11.6. The molecule has 0 aliphatic carbocycles. The predicted molar refractivity (Wildman–Crippen MR) is 70.2 cm³/mol. The van der Waals surface area contributed by atoms with Crippen LogP contribution in [0.4, 0.5) is 0 Å². The number of sulfonamides is 1. The zero-order chi connectivity index (χ0) is 14.3. The molecule has 0 saturated carbocycles. The topological polar surface area (TPSA) is 104 Å². The van der Waals surface area contributed by atoms with Crippen molar-refractivity contribution in [3.63, 3.8) is 0 Å². The molecule has 1 unspecified atom stereocenters. The normalized spacial score (nSPS) is 13.1. The number of aliphatic carboxylic acids is 1. The molecule has 0 saturated heterocycles. The Hall–Kier alpha value is -1.44. The lowest BCUT2D eigenvalue weighted by Gasteiger charge is -2.16. The molecule has 0 fully saturated rings. The Balaban J connectivity index is 2.59. The molecule has 6 nitrogen and oxygen atoms in total. The molecule has 0 aromatic heterocycles. The predicted octanol–water partition coefficient (Wildman–Crippen LogP) is -0.0159. The SMILES string of the molecule is O=C(O)CCS(=O)(=O)NC(CO)Cc1ccccc1. The number of carbonyl (C=O) groups is 1. The van der Waals surface area contributed by atoms with Gasteiger partial charge in [0.25, 0.3) is 0 Å². The van der Waals surface area contributed by atoms with Gasteiger partial charge in [0.2, 0.25) is 10.0 Å². The average molecular weight is 287 g/mol. The fourth-order valence-corrected chi connectivity index (χ4v) is 2.80. The molecule has 7 heteroatoms. The van der Waals surface area contributed by atoms with E-state index in [0.717, 1.165) is 5.56 Å². The number of aliphatic hydroxyl groups is 1. The number of benzene rings is 1. The molecule has 106 valence electrons. The molecule has 0 aliphatic heterocycles. The van der Waals surface area contributed by atoms with Crippen LogP contribution in [0.25, 0.3) is 0 Å². The third-order valence-corrected chi connectivity index (χ3v) is 3.91. The lowest BCUT2D eigenvalue weighted by Crippen LogP contribution is -2.40. The van der Waals surface area contributed by atoms with E-state index in [-0.39, 0.29) is 6.61 Å². The molecule has 1 atom stereocenters. The minimum atomic E-state index is -3.70. The quantitative estimate of drug-likeness (QED) is 0.623. The van der Waals surface area contributed by atoms with Gasteiger partial charge in [-0.1, -0.05) is 30.3 Å². The summed E-state index contributed by atoms with van der Waals surface area (Å²) in [6.45, 7) is -0.346. The number of aliphatic hydroxyl groups excluding tert-OH is 1. The van der Waals surface area contributed by atoms with E-state index in [0.29, 0.717) is 6.42 Å². The van der Waals surface area contributed by atoms with Gasteiger partial charge in [-0.15, -0.1) is 0 Å². The van der Waals surface area contributed by atoms with Crippen LogP contribution >= 0.6 is 0 Å². The van der Waals surface area contributed by atoms with Crippen LogP contribution in [0.1, 0.15) is 12.0 Å². The summed E-state index contributed by atoms with van der Waals surface area (Å²) in [5, 5.41) is 17.6. The molecule has 0 heterocycles. The number of hydrogen-bond acceptors (Lipinski definition) is 4. The van der Waals surface area contributed by atoms with E-state index in [2.05, 4.69) is 4.72 Å². The Bertz CT molecular complexity index is 500. The van der Waals surface area contributed by atoms with E-state index >= 15 is 0 Å². The molecule has 1 aromatic rings. The van der Waals surface area contributed by atoms with Crippen LogP contribution in [-0.4, -0.2) is 43.0 Å².